The standard InChI is InChI=1S/C23H33FN4O4S/c1-16-21(14-18-8-10-20(11-9-18)33(30,31)27(6)7)17(2)28(26-16)15-19(24)12-13-25-22(29)32-23(3,4)5/h8-12H,13-15H2,1-7H3,(H,25,29)/b19-12-. The number of amides is 1. The molecule has 0 bridgehead atoms. The van der Waals surface area contributed by atoms with Crippen LogP contribution in [0.25, 0.3) is 0 Å². The molecule has 0 spiro atoms. The first-order valence-electron chi connectivity index (χ1n) is 10.6. The van der Waals surface area contributed by atoms with Crippen molar-refractivity contribution in [1.82, 2.24) is 19.4 Å². The van der Waals surface area contributed by atoms with Crippen molar-refractivity contribution < 1.29 is 22.3 Å². The van der Waals surface area contributed by atoms with E-state index in [1.54, 1.807) is 49.7 Å². The zero-order valence-electron chi connectivity index (χ0n) is 20.3. The van der Waals surface area contributed by atoms with Gasteiger partial charge in [-0.05, 0) is 58.4 Å². The Morgan fingerprint density at radius 3 is 2.36 bits per heavy atom. The van der Waals surface area contributed by atoms with Crippen LogP contribution in [0.4, 0.5) is 9.18 Å². The molecule has 0 unspecified atom stereocenters. The molecule has 0 aliphatic rings. The van der Waals surface area contributed by atoms with E-state index in [2.05, 4.69) is 10.4 Å². The number of rotatable bonds is 8. The van der Waals surface area contributed by atoms with Crippen molar-refractivity contribution in [1.29, 1.82) is 0 Å². The van der Waals surface area contributed by atoms with Crippen LogP contribution in [0, 0.1) is 13.8 Å². The number of aromatic nitrogens is 2. The number of benzene rings is 1. The molecular weight excluding hydrogens is 447 g/mol. The fourth-order valence-electron chi connectivity index (χ4n) is 3.10. The van der Waals surface area contributed by atoms with E-state index in [0.717, 1.165) is 22.5 Å². The van der Waals surface area contributed by atoms with Gasteiger partial charge in [-0.2, -0.15) is 5.10 Å². The summed E-state index contributed by atoms with van der Waals surface area (Å²) in [5.41, 5.74) is 2.86. The number of alkyl carbamates (subject to hydrolysis) is 1. The molecule has 0 saturated heterocycles. The van der Waals surface area contributed by atoms with Crippen LogP contribution in [0.1, 0.15) is 43.3 Å². The Bertz CT molecular complexity index is 1110. The number of halogens is 1. The van der Waals surface area contributed by atoms with Crippen LogP contribution < -0.4 is 5.32 Å². The van der Waals surface area contributed by atoms with E-state index in [0.29, 0.717) is 6.42 Å². The van der Waals surface area contributed by atoms with Crippen LogP contribution >= 0.6 is 0 Å². The van der Waals surface area contributed by atoms with Gasteiger partial charge in [-0.3, -0.25) is 4.68 Å². The summed E-state index contributed by atoms with van der Waals surface area (Å²) < 4.78 is 46.7. The minimum atomic E-state index is -3.48. The fourth-order valence-corrected chi connectivity index (χ4v) is 4.01. The Morgan fingerprint density at radius 2 is 1.82 bits per heavy atom. The minimum absolute atomic E-state index is 0.00903. The summed E-state index contributed by atoms with van der Waals surface area (Å²) in [5.74, 6) is -0.429. The van der Waals surface area contributed by atoms with Gasteiger partial charge in [0.1, 0.15) is 11.4 Å². The van der Waals surface area contributed by atoms with E-state index < -0.39 is 27.5 Å². The van der Waals surface area contributed by atoms with Crippen molar-refractivity contribution in [3.8, 4) is 0 Å². The lowest BCUT2D eigenvalue weighted by atomic mass is 10.0. The zero-order chi connectivity index (χ0) is 25.0. The topological polar surface area (TPSA) is 93.5 Å². The Hall–Kier alpha value is -2.72. The molecule has 0 atom stereocenters. The Morgan fingerprint density at radius 1 is 1.21 bits per heavy atom. The van der Waals surface area contributed by atoms with Gasteiger partial charge in [-0.15, -0.1) is 0 Å². The average molecular weight is 481 g/mol. The summed E-state index contributed by atoms with van der Waals surface area (Å²) in [6.45, 7) is 8.94. The van der Waals surface area contributed by atoms with Crippen molar-refractivity contribution in [2.45, 2.75) is 58.1 Å². The molecule has 2 rings (SSSR count). The highest BCUT2D eigenvalue weighted by Crippen LogP contribution is 2.21. The molecule has 10 heteroatoms. The third-order valence-electron chi connectivity index (χ3n) is 4.88. The number of nitrogens with one attached hydrogen (secondary N) is 1. The van der Waals surface area contributed by atoms with Crippen LogP contribution in [0.3, 0.4) is 0 Å². The number of hydrogen-bond donors (Lipinski definition) is 1. The number of sulfonamides is 1. The summed E-state index contributed by atoms with van der Waals surface area (Å²) >= 11 is 0. The first-order chi connectivity index (χ1) is 15.2. The quantitative estimate of drug-likeness (QED) is 0.622. The molecule has 0 saturated carbocycles. The Balaban J connectivity index is 2.05. The number of allylic oxidation sites excluding steroid dienone is 1. The van der Waals surface area contributed by atoms with Crippen LogP contribution in [0.2, 0.25) is 0 Å². The Labute approximate surface area is 195 Å². The van der Waals surface area contributed by atoms with Crippen LogP contribution in [0.15, 0.2) is 41.1 Å². The summed E-state index contributed by atoms with van der Waals surface area (Å²) in [6.07, 6.45) is 1.22. The van der Waals surface area contributed by atoms with Gasteiger partial charge < -0.3 is 10.1 Å². The van der Waals surface area contributed by atoms with Gasteiger partial charge in [0.25, 0.3) is 0 Å². The highest BCUT2D eigenvalue weighted by molar-refractivity contribution is 7.89. The molecule has 182 valence electrons. The number of nitrogens with zero attached hydrogens (tertiary/aromatic N) is 3. The van der Waals surface area contributed by atoms with Crippen LogP contribution in [-0.4, -0.2) is 54.8 Å². The number of aryl methyl sites for hydroxylation is 1. The van der Waals surface area contributed by atoms with Gasteiger partial charge >= 0.3 is 6.09 Å². The monoisotopic (exact) mass is 480 g/mol. The SMILES string of the molecule is Cc1nn(C/C(F)=C/CNC(=O)OC(C)(C)C)c(C)c1Cc1ccc(S(=O)(=O)N(C)C)cc1. The van der Waals surface area contributed by atoms with Crippen LogP contribution in [0.5, 0.6) is 0 Å². The number of carbonyl (C=O) groups is 1. The average Bonchev–Trinajstić information content (AvgIpc) is 2.94. The highest BCUT2D eigenvalue weighted by Gasteiger charge is 2.18. The molecule has 33 heavy (non-hydrogen) atoms. The maximum atomic E-state index is 14.4. The number of hydrogen-bond acceptors (Lipinski definition) is 5. The second kappa shape index (κ2) is 10.5. The molecular formula is C23H33FN4O4S. The first-order valence-corrected chi connectivity index (χ1v) is 12.0. The van der Waals surface area contributed by atoms with Crippen molar-refractivity contribution in [3.05, 3.63) is 58.7 Å². The van der Waals surface area contributed by atoms with Crippen molar-refractivity contribution in [2.75, 3.05) is 20.6 Å². The largest absolute Gasteiger partial charge is 0.444 e. The van der Waals surface area contributed by atoms with Crippen molar-refractivity contribution in [3.63, 3.8) is 0 Å². The van der Waals surface area contributed by atoms with Crippen LogP contribution in [-0.2, 0) is 27.7 Å². The number of carbonyl (C=O) groups excluding carboxylic acids is 1. The lowest BCUT2D eigenvalue weighted by Crippen LogP contribution is -2.32. The van der Waals surface area contributed by atoms with Crippen molar-refractivity contribution in [2.24, 2.45) is 0 Å². The molecule has 1 aromatic heterocycles. The smallest absolute Gasteiger partial charge is 0.407 e. The van der Waals surface area contributed by atoms with Crippen molar-refractivity contribution >= 4 is 16.1 Å². The molecule has 1 aromatic carbocycles. The van der Waals surface area contributed by atoms with Gasteiger partial charge in [-0.1, -0.05) is 12.1 Å². The summed E-state index contributed by atoms with van der Waals surface area (Å²) in [7, 11) is -0.496. The highest BCUT2D eigenvalue weighted by atomic mass is 32.2. The van der Waals surface area contributed by atoms with E-state index in [1.165, 1.54) is 24.5 Å². The van der Waals surface area contributed by atoms with E-state index in [4.69, 9.17) is 4.74 Å². The maximum absolute atomic E-state index is 14.4. The molecule has 0 radical (unpaired) electrons. The van der Waals surface area contributed by atoms with Gasteiger partial charge in [0.2, 0.25) is 10.0 Å². The van der Waals surface area contributed by atoms with Gasteiger partial charge in [-0.25, -0.2) is 21.9 Å². The minimum Gasteiger partial charge on any atom is -0.444 e. The van der Waals surface area contributed by atoms with Gasteiger partial charge in [0, 0.05) is 38.3 Å². The molecule has 0 aliphatic heterocycles. The van der Waals surface area contributed by atoms with E-state index in [1.807, 2.05) is 13.8 Å². The molecule has 1 N–H and O–H groups in total. The van der Waals surface area contributed by atoms with Gasteiger partial charge in [0.15, 0.2) is 0 Å². The van der Waals surface area contributed by atoms with E-state index in [9.17, 15) is 17.6 Å². The molecule has 1 heterocycles. The molecule has 0 aliphatic carbocycles. The lowest BCUT2D eigenvalue weighted by molar-refractivity contribution is 0.0534. The second-order valence-corrected chi connectivity index (χ2v) is 11.1. The maximum Gasteiger partial charge on any atom is 0.407 e. The predicted molar refractivity (Wildman–Crippen MR) is 125 cm³/mol. The third kappa shape index (κ3) is 7.40. The second-order valence-electron chi connectivity index (χ2n) is 8.95. The normalized spacial score (nSPS) is 12.8. The van der Waals surface area contributed by atoms with E-state index >= 15 is 0 Å². The third-order valence-corrected chi connectivity index (χ3v) is 6.71. The fraction of sp³-hybridized carbons (Fsp3) is 0.478. The van der Waals surface area contributed by atoms with E-state index in [-0.39, 0.29) is 18.0 Å². The number of ether oxygens (including phenoxy) is 1. The zero-order valence-corrected chi connectivity index (χ0v) is 21.1. The predicted octanol–water partition coefficient (Wildman–Crippen LogP) is 3.72. The molecule has 2 aromatic rings. The summed E-state index contributed by atoms with van der Waals surface area (Å²) in [4.78, 5) is 11.9. The molecule has 1 amide bonds. The first kappa shape index (κ1) is 26.5. The summed E-state index contributed by atoms with van der Waals surface area (Å²) in [6, 6.07) is 6.71. The Kier molecular flexibility index (Phi) is 8.42. The van der Waals surface area contributed by atoms with Gasteiger partial charge in [0.05, 0.1) is 17.1 Å². The summed E-state index contributed by atoms with van der Waals surface area (Å²) in [5, 5.41) is 6.93. The molecule has 8 nitrogen and oxygen atoms in total. The molecule has 0 fully saturated rings. The lowest BCUT2D eigenvalue weighted by Gasteiger charge is -2.19.